The van der Waals surface area contributed by atoms with Gasteiger partial charge in [0.1, 0.15) is 0 Å². The van der Waals surface area contributed by atoms with Gasteiger partial charge in [0.05, 0.1) is 14.2 Å². The zero-order chi connectivity index (χ0) is 12.7. The zero-order valence-electron chi connectivity index (χ0n) is 10.6. The van der Waals surface area contributed by atoms with E-state index in [1.807, 2.05) is 0 Å². The highest BCUT2D eigenvalue weighted by molar-refractivity contribution is 5.94. The lowest BCUT2D eigenvalue weighted by Crippen LogP contribution is -2.24. The molecule has 0 saturated carbocycles. The topological polar surface area (TPSA) is 47.6 Å². The first-order valence-electron chi connectivity index (χ1n) is 5.73. The highest BCUT2D eigenvalue weighted by Gasteiger charge is 2.09. The number of methoxy groups -OCH3 is 2. The lowest BCUT2D eigenvalue weighted by Gasteiger charge is -2.09. The van der Waals surface area contributed by atoms with E-state index in [9.17, 15) is 4.79 Å². The van der Waals surface area contributed by atoms with Crippen molar-refractivity contribution < 1.29 is 14.3 Å². The van der Waals surface area contributed by atoms with E-state index in [0.717, 1.165) is 12.8 Å². The summed E-state index contributed by atoms with van der Waals surface area (Å²) in [4.78, 5) is 11.8. The first-order chi connectivity index (χ1) is 8.22. The Hall–Kier alpha value is -1.71. The van der Waals surface area contributed by atoms with E-state index >= 15 is 0 Å². The Labute approximate surface area is 102 Å². The number of ether oxygens (including phenoxy) is 2. The number of hydrogen-bond donors (Lipinski definition) is 1. The summed E-state index contributed by atoms with van der Waals surface area (Å²) in [6, 6.07) is 5.14. The molecule has 0 bridgehead atoms. The van der Waals surface area contributed by atoms with Gasteiger partial charge >= 0.3 is 0 Å². The SMILES string of the molecule is CCCCNC(=O)c1ccc(OC)c(OC)c1. The first-order valence-corrected chi connectivity index (χ1v) is 5.73. The van der Waals surface area contributed by atoms with Crippen LogP contribution in [0.2, 0.25) is 0 Å². The van der Waals surface area contributed by atoms with Gasteiger partial charge in [-0.1, -0.05) is 13.3 Å². The molecule has 1 aromatic rings. The number of carbonyl (C=O) groups is 1. The molecule has 0 aliphatic carbocycles. The molecule has 17 heavy (non-hydrogen) atoms. The Kier molecular flexibility index (Phi) is 5.33. The smallest absolute Gasteiger partial charge is 0.251 e. The summed E-state index contributed by atoms with van der Waals surface area (Å²) in [5.74, 6) is 1.10. The monoisotopic (exact) mass is 237 g/mol. The quantitative estimate of drug-likeness (QED) is 0.772. The molecule has 0 aromatic heterocycles. The van der Waals surface area contributed by atoms with E-state index in [2.05, 4.69) is 12.2 Å². The molecule has 1 rings (SSSR count). The maximum atomic E-state index is 11.8. The van der Waals surface area contributed by atoms with Crippen LogP contribution < -0.4 is 14.8 Å². The Morgan fingerprint density at radius 3 is 2.53 bits per heavy atom. The van der Waals surface area contributed by atoms with Crippen molar-refractivity contribution >= 4 is 5.91 Å². The van der Waals surface area contributed by atoms with Gasteiger partial charge in [0, 0.05) is 12.1 Å². The minimum atomic E-state index is -0.0839. The number of unbranched alkanes of at least 4 members (excludes halogenated alkanes) is 1. The van der Waals surface area contributed by atoms with E-state index < -0.39 is 0 Å². The number of nitrogens with one attached hydrogen (secondary N) is 1. The van der Waals surface area contributed by atoms with E-state index in [1.165, 1.54) is 0 Å². The molecule has 1 N–H and O–H groups in total. The molecule has 0 heterocycles. The van der Waals surface area contributed by atoms with E-state index in [0.29, 0.717) is 23.6 Å². The Morgan fingerprint density at radius 1 is 1.24 bits per heavy atom. The van der Waals surface area contributed by atoms with Gasteiger partial charge in [0.15, 0.2) is 11.5 Å². The minimum absolute atomic E-state index is 0.0839. The van der Waals surface area contributed by atoms with Gasteiger partial charge in [0.25, 0.3) is 5.91 Å². The van der Waals surface area contributed by atoms with Crippen LogP contribution in [0.5, 0.6) is 11.5 Å². The van der Waals surface area contributed by atoms with Crippen molar-refractivity contribution in [1.29, 1.82) is 0 Å². The van der Waals surface area contributed by atoms with Gasteiger partial charge in [-0.15, -0.1) is 0 Å². The summed E-state index contributed by atoms with van der Waals surface area (Å²) in [6.07, 6.45) is 2.05. The minimum Gasteiger partial charge on any atom is -0.493 e. The van der Waals surface area contributed by atoms with Crippen LogP contribution in [0, 0.1) is 0 Å². The van der Waals surface area contributed by atoms with Crippen LogP contribution in [0.4, 0.5) is 0 Å². The Morgan fingerprint density at radius 2 is 1.94 bits per heavy atom. The van der Waals surface area contributed by atoms with Gasteiger partial charge in [-0.25, -0.2) is 0 Å². The number of benzene rings is 1. The van der Waals surface area contributed by atoms with Crippen LogP contribution in [0.3, 0.4) is 0 Å². The third-order valence-electron chi connectivity index (χ3n) is 2.46. The fourth-order valence-electron chi connectivity index (χ4n) is 1.46. The molecule has 94 valence electrons. The van der Waals surface area contributed by atoms with Crippen molar-refractivity contribution in [1.82, 2.24) is 5.32 Å². The molecule has 0 aliphatic rings. The van der Waals surface area contributed by atoms with Crippen LogP contribution in [0.15, 0.2) is 18.2 Å². The Balaban J connectivity index is 2.74. The maximum absolute atomic E-state index is 11.8. The average molecular weight is 237 g/mol. The molecule has 0 fully saturated rings. The largest absolute Gasteiger partial charge is 0.493 e. The molecule has 0 aliphatic heterocycles. The van der Waals surface area contributed by atoms with Gasteiger partial charge in [-0.05, 0) is 24.6 Å². The molecule has 0 spiro atoms. The second-order valence-electron chi connectivity index (χ2n) is 3.68. The first kappa shape index (κ1) is 13.4. The predicted octanol–water partition coefficient (Wildman–Crippen LogP) is 2.23. The van der Waals surface area contributed by atoms with Crippen LogP contribution in [0.25, 0.3) is 0 Å². The second kappa shape index (κ2) is 6.78. The van der Waals surface area contributed by atoms with Crippen molar-refractivity contribution in [2.24, 2.45) is 0 Å². The summed E-state index contributed by atoms with van der Waals surface area (Å²) in [5.41, 5.74) is 0.582. The number of amides is 1. The molecule has 4 heteroatoms. The zero-order valence-corrected chi connectivity index (χ0v) is 10.6. The molecule has 0 radical (unpaired) electrons. The van der Waals surface area contributed by atoms with E-state index in [4.69, 9.17) is 9.47 Å². The normalized spacial score (nSPS) is 9.82. The van der Waals surface area contributed by atoms with Crippen molar-refractivity contribution in [2.75, 3.05) is 20.8 Å². The van der Waals surface area contributed by atoms with Crippen molar-refractivity contribution in [3.8, 4) is 11.5 Å². The summed E-state index contributed by atoms with van der Waals surface area (Å²) < 4.78 is 10.3. The molecular weight excluding hydrogens is 218 g/mol. The number of carbonyl (C=O) groups excluding carboxylic acids is 1. The summed E-state index contributed by atoms with van der Waals surface area (Å²) >= 11 is 0. The molecular formula is C13H19NO3. The standard InChI is InChI=1S/C13H19NO3/c1-4-5-8-14-13(15)10-6-7-11(16-2)12(9-10)17-3/h6-7,9H,4-5,8H2,1-3H3,(H,14,15). The van der Waals surface area contributed by atoms with E-state index in [1.54, 1.807) is 32.4 Å². The summed E-state index contributed by atoms with van der Waals surface area (Å²) in [7, 11) is 3.12. The summed E-state index contributed by atoms with van der Waals surface area (Å²) in [6.45, 7) is 2.78. The van der Waals surface area contributed by atoms with Crippen LogP contribution >= 0.6 is 0 Å². The molecule has 0 saturated heterocycles. The third-order valence-corrected chi connectivity index (χ3v) is 2.46. The molecule has 0 atom stereocenters. The maximum Gasteiger partial charge on any atom is 0.251 e. The van der Waals surface area contributed by atoms with Gasteiger partial charge < -0.3 is 14.8 Å². The van der Waals surface area contributed by atoms with Gasteiger partial charge in [-0.3, -0.25) is 4.79 Å². The average Bonchev–Trinajstić information content (AvgIpc) is 2.38. The molecule has 0 unspecified atom stereocenters. The van der Waals surface area contributed by atoms with Crippen LogP contribution in [-0.2, 0) is 0 Å². The van der Waals surface area contributed by atoms with Gasteiger partial charge in [-0.2, -0.15) is 0 Å². The second-order valence-corrected chi connectivity index (χ2v) is 3.68. The van der Waals surface area contributed by atoms with Crippen molar-refractivity contribution in [3.05, 3.63) is 23.8 Å². The highest BCUT2D eigenvalue weighted by Crippen LogP contribution is 2.27. The van der Waals surface area contributed by atoms with Crippen LogP contribution in [0.1, 0.15) is 30.1 Å². The summed E-state index contributed by atoms with van der Waals surface area (Å²) in [5, 5.41) is 2.85. The molecule has 1 aromatic carbocycles. The fraction of sp³-hybridized carbons (Fsp3) is 0.462. The van der Waals surface area contributed by atoms with Crippen LogP contribution in [-0.4, -0.2) is 26.7 Å². The van der Waals surface area contributed by atoms with Gasteiger partial charge in [0.2, 0.25) is 0 Å². The van der Waals surface area contributed by atoms with Crippen molar-refractivity contribution in [2.45, 2.75) is 19.8 Å². The highest BCUT2D eigenvalue weighted by atomic mass is 16.5. The third kappa shape index (κ3) is 3.66. The number of hydrogen-bond acceptors (Lipinski definition) is 3. The number of rotatable bonds is 6. The van der Waals surface area contributed by atoms with Crippen molar-refractivity contribution in [3.63, 3.8) is 0 Å². The van der Waals surface area contributed by atoms with E-state index in [-0.39, 0.29) is 5.91 Å². The molecule has 1 amide bonds. The lowest BCUT2D eigenvalue weighted by molar-refractivity contribution is 0.0952. The fourth-order valence-corrected chi connectivity index (χ4v) is 1.46. The predicted molar refractivity (Wildman–Crippen MR) is 66.8 cm³/mol. The Bertz CT molecular complexity index is 377. The molecule has 4 nitrogen and oxygen atoms in total. The lowest BCUT2D eigenvalue weighted by atomic mass is 10.2.